The Morgan fingerprint density at radius 3 is 2.60 bits per heavy atom. The number of carbonyl (C=O) groups excluding carboxylic acids is 1. The summed E-state index contributed by atoms with van der Waals surface area (Å²) in [6.45, 7) is 2.00. The first-order valence-electron chi connectivity index (χ1n) is 6.20. The highest BCUT2D eigenvalue weighted by Gasteiger charge is 1.98. The predicted molar refractivity (Wildman–Crippen MR) is 83.8 cm³/mol. The maximum Gasteiger partial charge on any atom is 0.323 e. The molecule has 2 amide bonds. The van der Waals surface area contributed by atoms with Crippen LogP contribution in [0, 0.1) is 6.92 Å². The maximum absolute atomic E-state index is 11.7. The second-order valence-electron chi connectivity index (χ2n) is 4.35. The van der Waals surface area contributed by atoms with Crippen LogP contribution in [0.25, 0.3) is 6.08 Å². The fraction of sp³-hybridized carbons (Fsp3) is 0.0625. The summed E-state index contributed by atoms with van der Waals surface area (Å²) >= 11 is 5.87. The summed E-state index contributed by atoms with van der Waals surface area (Å²) < 4.78 is 0. The van der Waals surface area contributed by atoms with Crippen LogP contribution in [0.15, 0.2) is 54.7 Å². The molecule has 0 aliphatic rings. The summed E-state index contributed by atoms with van der Waals surface area (Å²) in [5, 5.41) is 6.04. The molecule has 102 valence electrons. The third-order valence-corrected chi connectivity index (χ3v) is 2.88. The number of urea groups is 1. The van der Waals surface area contributed by atoms with E-state index in [1.165, 1.54) is 0 Å². The number of amides is 2. The highest BCUT2D eigenvalue weighted by molar-refractivity contribution is 6.30. The van der Waals surface area contributed by atoms with Gasteiger partial charge in [0.15, 0.2) is 0 Å². The molecule has 0 saturated heterocycles. The summed E-state index contributed by atoms with van der Waals surface area (Å²) in [5.41, 5.74) is 2.83. The van der Waals surface area contributed by atoms with Crippen LogP contribution < -0.4 is 10.6 Å². The second kappa shape index (κ2) is 6.78. The average molecular weight is 287 g/mol. The zero-order valence-corrected chi connectivity index (χ0v) is 11.8. The van der Waals surface area contributed by atoms with Gasteiger partial charge in [0.1, 0.15) is 0 Å². The van der Waals surface area contributed by atoms with E-state index >= 15 is 0 Å². The topological polar surface area (TPSA) is 41.1 Å². The fourth-order valence-corrected chi connectivity index (χ4v) is 1.83. The van der Waals surface area contributed by atoms with Gasteiger partial charge < -0.3 is 10.6 Å². The minimum absolute atomic E-state index is 0.285. The Bertz CT molecular complexity index is 621. The number of carbonyl (C=O) groups is 1. The number of nitrogens with one attached hydrogen (secondary N) is 2. The van der Waals surface area contributed by atoms with Gasteiger partial charge in [0.2, 0.25) is 0 Å². The molecule has 0 unspecified atom stereocenters. The van der Waals surface area contributed by atoms with Crippen LogP contribution in [0.2, 0.25) is 5.02 Å². The van der Waals surface area contributed by atoms with Gasteiger partial charge in [-0.05, 0) is 42.8 Å². The van der Waals surface area contributed by atoms with Crippen molar-refractivity contribution in [3.8, 4) is 0 Å². The summed E-state index contributed by atoms with van der Waals surface area (Å²) in [5.74, 6) is 0. The molecule has 0 saturated carbocycles. The van der Waals surface area contributed by atoms with Gasteiger partial charge in [0.25, 0.3) is 0 Å². The SMILES string of the molecule is Cc1ccc(NC(=O)N/C=C/c2cccc(Cl)c2)cc1. The van der Waals surface area contributed by atoms with Gasteiger partial charge >= 0.3 is 6.03 Å². The van der Waals surface area contributed by atoms with Gasteiger partial charge in [-0.1, -0.05) is 41.4 Å². The van der Waals surface area contributed by atoms with Gasteiger partial charge in [0.05, 0.1) is 0 Å². The lowest BCUT2D eigenvalue weighted by molar-refractivity contribution is 0.255. The molecule has 0 aromatic heterocycles. The molecule has 0 aliphatic carbocycles. The number of hydrogen-bond donors (Lipinski definition) is 2. The molecular weight excluding hydrogens is 272 g/mol. The zero-order valence-electron chi connectivity index (χ0n) is 11.1. The molecule has 2 N–H and O–H groups in total. The van der Waals surface area contributed by atoms with Crippen molar-refractivity contribution in [3.05, 3.63) is 70.9 Å². The molecule has 2 rings (SSSR count). The molecule has 0 bridgehead atoms. The van der Waals surface area contributed by atoms with Gasteiger partial charge in [0, 0.05) is 16.9 Å². The zero-order chi connectivity index (χ0) is 14.4. The van der Waals surface area contributed by atoms with Crippen molar-refractivity contribution in [1.29, 1.82) is 0 Å². The van der Waals surface area contributed by atoms with E-state index in [4.69, 9.17) is 11.6 Å². The quantitative estimate of drug-likeness (QED) is 0.860. The van der Waals surface area contributed by atoms with Crippen molar-refractivity contribution < 1.29 is 4.79 Å². The number of halogens is 1. The Hall–Kier alpha value is -2.26. The summed E-state index contributed by atoms with van der Waals surface area (Å²) in [6.07, 6.45) is 3.36. The van der Waals surface area contributed by atoms with Crippen molar-refractivity contribution in [2.24, 2.45) is 0 Å². The maximum atomic E-state index is 11.7. The third-order valence-electron chi connectivity index (χ3n) is 2.65. The normalized spacial score (nSPS) is 10.5. The molecule has 0 aliphatic heterocycles. The Balaban J connectivity index is 1.87. The Kier molecular flexibility index (Phi) is 4.80. The summed E-state index contributed by atoms with van der Waals surface area (Å²) in [6, 6.07) is 14.7. The highest BCUT2D eigenvalue weighted by atomic mass is 35.5. The van der Waals surface area contributed by atoms with E-state index in [1.54, 1.807) is 18.3 Å². The second-order valence-corrected chi connectivity index (χ2v) is 4.79. The van der Waals surface area contributed by atoms with Gasteiger partial charge in [-0.25, -0.2) is 4.79 Å². The van der Waals surface area contributed by atoms with Crippen molar-refractivity contribution in [2.75, 3.05) is 5.32 Å². The molecule has 0 spiro atoms. The first kappa shape index (κ1) is 14.2. The highest BCUT2D eigenvalue weighted by Crippen LogP contribution is 2.11. The van der Waals surface area contributed by atoms with Crippen molar-refractivity contribution in [1.82, 2.24) is 5.32 Å². The summed E-state index contributed by atoms with van der Waals surface area (Å²) in [4.78, 5) is 11.7. The molecule has 2 aromatic rings. The molecular formula is C16H15ClN2O. The van der Waals surface area contributed by atoms with Gasteiger partial charge in [-0.3, -0.25) is 0 Å². The van der Waals surface area contributed by atoms with Crippen molar-refractivity contribution in [3.63, 3.8) is 0 Å². The minimum atomic E-state index is -0.285. The fourth-order valence-electron chi connectivity index (χ4n) is 1.63. The van der Waals surface area contributed by atoms with E-state index in [-0.39, 0.29) is 6.03 Å². The Labute approximate surface area is 123 Å². The monoisotopic (exact) mass is 286 g/mol. The van der Waals surface area contributed by atoms with Crippen molar-refractivity contribution >= 4 is 29.4 Å². The number of benzene rings is 2. The van der Waals surface area contributed by atoms with Gasteiger partial charge in [-0.15, -0.1) is 0 Å². The first-order chi connectivity index (χ1) is 9.63. The van der Waals surface area contributed by atoms with E-state index in [2.05, 4.69) is 10.6 Å². The number of rotatable bonds is 3. The lowest BCUT2D eigenvalue weighted by Gasteiger charge is -2.04. The van der Waals surface area contributed by atoms with Crippen LogP contribution >= 0.6 is 11.6 Å². The molecule has 0 radical (unpaired) electrons. The van der Waals surface area contributed by atoms with Crippen LogP contribution in [-0.2, 0) is 0 Å². The molecule has 3 nitrogen and oxygen atoms in total. The Morgan fingerprint density at radius 1 is 1.15 bits per heavy atom. The Morgan fingerprint density at radius 2 is 1.90 bits per heavy atom. The van der Waals surface area contributed by atoms with E-state index in [0.717, 1.165) is 16.8 Å². The van der Waals surface area contributed by atoms with Crippen LogP contribution in [0.1, 0.15) is 11.1 Å². The van der Waals surface area contributed by atoms with Crippen LogP contribution in [0.3, 0.4) is 0 Å². The molecule has 0 fully saturated rings. The standard InChI is InChI=1S/C16H15ClN2O/c1-12-5-7-15(8-6-12)19-16(20)18-10-9-13-3-2-4-14(17)11-13/h2-11H,1H3,(H2,18,19,20)/b10-9+. The molecule has 20 heavy (non-hydrogen) atoms. The number of aryl methyl sites for hydroxylation is 1. The van der Waals surface area contributed by atoms with Crippen LogP contribution in [0.5, 0.6) is 0 Å². The third kappa shape index (κ3) is 4.44. The summed E-state index contributed by atoms with van der Waals surface area (Å²) in [7, 11) is 0. The van der Waals surface area contributed by atoms with Crippen molar-refractivity contribution in [2.45, 2.75) is 6.92 Å². The lowest BCUT2D eigenvalue weighted by atomic mass is 10.2. The van der Waals surface area contributed by atoms with Crippen LogP contribution in [-0.4, -0.2) is 6.03 Å². The minimum Gasteiger partial charge on any atom is -0.314 e. The molecule has 0 heterocycles. The van der Waals surface area contributed by atoms with Crippen LogP contribution in [0.4, 0.5) is 10.5 Å². The molecule has 0 atom stereocenters. The smallest absolute Gasteiger partial charge is 0.314 e. The van der Waals surface area contributed by atoms with E-state index in [9.17, 15) is 4.79 Å². The lowest BCUT2D eigenvalue weighted by Crippen LogP contribution is -2.23. The first-order valence-corrected chi connectivity index (χ1v) is 6.57. The molecule has 2 aromatic carbocycles. The average Bonchev–Trinajstić information content (AvgIpc) is 2.41. The van der Waals surface area contributed by atoms with E-state index in [1.807, 2.05) is 49.4 Å². The van der Waals surface area contributed by atoms with Gasteiger partial charge in [-0.2, -0.15) is 0 Å². The largest absolute Gasteiger partial charge is 0.323 e. The predicted octanol–water partition coefficient (Wildman–Crippen LogP) is 4.44. The number of anilines is 1. The molecule has 4 heteroatoms. The van der Waals surface area contributed by atoms with E-state index in [0.29, 0.717) is 5.02 Å². The van der Waals surface area contributed by atoms with E-state index < -0.39 is 0 Å². The number of hydrogen-bond acceptors (Lipinski definition) is 1.